The number of fused-ring (bicyclic) bond motifs is 3. The Balaban J connectivity index is 2.54. The summed E-state index contributed by atoms with van der Waals surface area (Å²) in [5, 5.41) is 0.261. The van der Waals surface area contributed by atoms with Crippen LogP contribution in [0.4, 0.5) is 8.78 Å². The summed E-state index contributed by atoms with van der Waals surface area (Å²) >= 11 is 0. The van der Waals surface area contributed by atoms with E-state index in [1.54, 1.807) is 0 Å². The summed E-state index contributed by atoms with van der Waals surface area (Å²) in [4.78, 5) is 12.0. The highest BCUT2D eigenvalue weighted by Gasteiger charge is 2.19. The third-order valence-electron chi connectivity index (χ3n) is 3.30. The fourth-order valence-corrected chi connectivity index (χ4v) is 2.29. The van der Waals surface area contributed by atoms with E-state index < -0.39 is 17.3 Å². The zero-order valence-corrected chi connectivity index (χ0v) is 11.2. The first-order chi connectivity index (χ1) is 10.1. The minimum absolute atomic E-state index is 0.0565. The monoisotopic (exact) mass is 292 g/mol. The Labute approximate surface area is 117 Å². The molecule has 0 saturated carbocycles. The zero-order valence-electron chi connectivity index (χ0n) is 11.2. The van der Waals surface area contributed by atoms with Crippen LogP contribution in [-0.2, 0) is 0 Å². The van der Waals surface area contributed by atoms with E-state index in [1.807, 2.05) is 0 Å². The molecule has 0 bridgehead atoms. The lowest BCUT2D eigenvalue weighted by molar-refractivity contribution is 0.383. The van der Waals surface area contributed by atoms with Crippen LogP contribution in [0, 0.1) is 11.6 Å². The van der Waals surface area contributed by atoms with Gasteiger partial charge in [-0.2, -0.15) is 4.39 Å². The predicted molar refractivity (Wildman–Crippen MR) is 73.0 cm³/mol. The molecule has 1 heterocycles. The van der Waals surface area contributed by atoms with E-state index in [9.17, 15) is 13.6 Å². The first kappa shape index (κ1) is 13.4. The van der Waals surface area contributed by atoms with Gasteiger partial charge in [-0.15, -0.1) is 0 Å². The topological polar surface area (TPSA) is 48.7 Å². The molecule has 108 valence electrons. The van der Waals surface area contributed by atoms with Crippen molar-refractivity contribution in [1.29, 1.82) is 0 Å². The van der Waals surface area contributed by atoms with Gasteiger partial charge in [-0.1, -0.05) is 0 Å². The van der Waals surface area contributed by atoms with Gasteiger partial charge >= 0.3 is 5.63 Å². The molecule has 0 aliphatic rings. The van der Waals surface area contributed by atoms with Gasteiger partial charge in [0.2, 0.25) is 5.82 Å². The molecule has 0 aliphatic heterocycles. The Morgan fingerprint density at radius 1 is 0.905 bits per heavy atom. The Kier molecular flexibility index (Phi) is 3.01. The molecule has 2 aromatic carbocycles. The highest BCUT2D eigenvalue weighted by Crippen LogP contribution is 2.32. The maximum Gasteiger partial charge on any atom is 0.347 e. The SMILES string of the molecule is COc1ccc2c(oc(=O)c3c(F)c(OC)ccc32)c1F. The molecule has 4 nitrogen and oxygen atoms in total. The second-order valence-corrected chi connectivity index (χ2v) is 4.35. The molecule has 0 fully saturated rings. The first-order valence-electron chi connectivity index (χ1n) is 6.04. The van der Waals surface area contributed by atoms with Crippen LogP contribution in [0.5, 0.6) is 11.5 Å². The van der Waals surface area contributed by atoms with Crippen molar-refractivity contribution in [3.05, 3.63) is 46.3 Å². The highest BCUT2D eigenvalue weighted by atomic mass is 19.1. The number of hydrogen-bond donors (Lipinski definition) is 0. The Morgan fingerprint density at radius 3 is 2.10 bits per heavy atom. The molecule has 0 atom stereocenters. The molecule has 6 heteroatoms. The second kappa shape index (κ2) is 4.73. The van der Waals surface area contributed by atoms with Crippen LogP contribution in [0.25, 0.3) is 21.7 Å². The lowest BCUT2D eigenvalue weighted by Gasteiger charge is -2.08. The average Bonchev–Trinajstić information content (AvgIpc) is 2.48. The molecule has 0 N–H and O–H groups in total. The van der Waals surface area contributed by atoms with Crippen LogP contribution >= 0.6 is 0 Å². The van der Waals surface area contributed by atoms with Crippen molar-refractivity contribution < 1.29 is 22.7 Å². The number of rotatable bonds is 2. The normalized spacial score (nSPS) is 11.0. The van der Waals surface area contributed by atoms with E-state index in [0.29, 0.717) is 0 Å². The van der Waals surface area contributed by atoms with Crippen molar-refractivity contribution in [1.82, 2.24) is 0 Å². The molecular formula is C15H10F2O4. The summed E-state index contributed by atoms with van der Waals surface area (Å²) in [5.74, 6) is -1.77. The maximum atomic E-state index is 14.2. The van der Waals surface area contributed by atoms with E-state index in [-0.39, 0.29) is 33.2 Å². The molecule has 0 spiro atoms. The van der Waals surface area contributed by atoms with E-state index in [4.69, 9.17) is 13.9 Å². The summed E-state index contributed by atoms with van der Waals surface area (Å²) in [6, 6.07) is 5.76. The molecule has 0 aliphatic carbocycles. The molecule has 3 aromatic rings. The quantitative estimate of drug-likeness (QED) is 0.537. The number of benzene rings is 2. The van der Waals surface area contributed by atoms with Gasteiger partial charge in [-0.3, -0.25) is 0 Å². The van der Waals surface area contributed by atoms with Gasteiger partial charge in [0.05, 0.1) is 14.2 Å². The van der Waals surface area contributed by atoms with Gasteiger partial charge < -0.3 is 13.9 Å². The molecule has 0 amide bonds. The van der Waals surface area contributed by atoms with Crippen LogP contribution in [-0.4, -0.2) is 14.2 Å². The third-order valence-corrected chi connectivity index (χ3v) is 3.30. The van der Waals surface area contributed by atoms with Crippen molar-refractivity contribution in [3.63, 3.8) is 0 Å². The molecule has 3 rings (SSSR count). The maximum absolute atomic E-state index is 14.2. The standard InChI is InChI=1S/C15H10F2O4/c1-19-9-5-3-7-8-4-6-10(20-2)13(17)14(8)21-15(18)11(7)12(9)16/h3-6H,1-2H3. The Morgan fingerprint density at radius 2 is 1.48 bits per heavy atom. The molecule has 21 heavy (non-hydrogen) atoms. The van der Waals surface area contributed by atoms with Crippen LogP contribution < -0.4 is 15.1 Å². The third kappa shape index (κ3) is 1.83. The van der Waals surface area contributed by atoms with Gasteiger partial charge in [-0.05, 0) is 24.3 Å². The van der Waals surface area contributed by atoms with Gasteiger partial charge in [0.15, 0.2) is 22.9 Å². The minimum atomic E-state index is -0.971. The second-order valence-electron chi connectivity index (χ2n) is 4.35. The van der Waals surface area contributed by atoms with Crippen molar-refractivity contribution in [2.45, 2.75) is 0 Å². The fraction of sp³-hybridized carbons (Fsp3) is 0.133. The highest BCUT2D eigenvalue weighted by molar-refractivity contribution is 6.05. The van der Waals surface area contributed by atoms with Crippen LogP contribution in [0.3, 0.4) is 0 Å². The van der Waals surface area contributed by atoms with E-state index in [0.717, 1.165) is 0 Å². The molecule has 0 unspecified atom stereocenters. The summed E-state index contributed by atoms with van der Waals surface area (Å²) in [6.45, 7) is 0. The molecule has 0 radical (unpaired) electrons. The molecule has 1 aromatic heterocycles. The number of methoxy groups -OCH3 is 2. The molecular weight excluding hydrogens is 282 g/mol. The Hall–Kier alpha value is -2.63. The van der Waals surface area contributed by atoms with Crippen LogP contribution in [0.15, 0.2) is 33.5 Å². The summed E-state index contributed by atoms with van der Waals surface area (Å²) in [6.07, 6.45) is 0. The van der Waals surface area contributed by atoms with Gasteiger partial charge in [0.1, 0.15) is 5.39 Å². The predicted octanol–water partition coefficient (Wildman–Crippen LogP) is 3.24. The lowest BCUT2D eigenvalue weighted by Crippen LogP contribution is -2.05. The zero-order chi connectivity index (χ0) is 15.1. The number of halogens is 2. The fourth-order valence-electron chi connectivity index (χ4n) is 2.29. The van der Waals surface area contributed by atoms with E-state index >= 15 is 0 Å². The van der Waals surface area contributed by atoms with E-state index in [2.05, 4.69) is 0 Å². The van der Waals surface area contributed by atoms with Crippen LogP contribution in [0.1, 0.15) is 0 Å². The van der Waals surface area contributed by atoms with Crippen molar-refractivity contribution in [3.8, 4) is 11.5 Å². The lowest BCUT2D eigenvalue weighted by atomic mass is 10.1. The Bertz CT molecular complexity index is 915. The number of ether oxygens (including phenoxy) is 2. The first-order valence-corrected chi connectivity index (χ1v) is 6.04. The van der Waals surface area contributed by atoms with Gasteiger partial charge in [0.25, 0.3) is 0 Å². The molecule has 0 saturated heterocycles. The van der Waals surface area contributed by atoms with Crippen molar-refractivity contribution in [2.75, 3.05) is 14.2 Å². The van der Waals surface area contributed by atoms with Crippen molar-refractivity contribution in [2.24, 2.45) is 0 Å². The van der Waals surface area contributed by atoms with Gasteiger partial charge in [0, 0.05) is 10.8 Å². The smallest absolute Gasteiger partial charge is 0.347 e. The van der Waals surface area contributed by atoms with Crippen LogP contribution in [0.2, 0.25) is 0 Å². The summed E-state index contributed by atoms with van der Waals surface area (Å²) in [7, 11) is 2.59. The largest absolute Gasteiger partial charge is 0.494 e. The average molecular weight is 292 g/mol. The summed E-state index contributed by atoms with van der Waals surface area (Å²) in [5.41, 5.74) is -1.24. The van der Waals surface area contributed by atoms with Crippen molar-refractivity contribution >= 4 is 21.7 Å². The van der Waals surface area contributed by atoms with E-state index in [1.165, 1.54) is 38.5 Å². The summed E-state index contributed by atoms with van der Waals surface area (Å²) < 4.78 is 42.9. The minimum Gasteiger partial charge on any atom is -0.494 e. The number of hydrogen-bond acceptors (Lipinski definition) is 4. The van der Waals surface area contributed by atoms with Gasteiger partial charge in [-0.25, -0.2) is 9.18 Å².